The van der Waals surface area contributed by atoms with E-state index < -0.39 is 0 Å². The molecule has 0 unspecified atom stereocenters. The fraction of sp³-hybridized carbons (Fsp3) is 0.316. The summed E-state index contributed by atoms with van der Waals surface area (Å²) in [6.07, 6.45) is 0.810. The summed E-state index contributed by atoms with van der Waals surface area (Å²) in [6, 6.07) is 16.1. The maximum Gasteiger partial charge on any atom is 0.251 e. The molecule has 1 N–H and O–H groups in total. The third-order valence-electron chi connectivity index (χ3n) is 3.71. The molecule has 21 heavy (non-hydrogen) atoms. The van der Waals surface area contributed by atoms with Gasteiger partial charge in [-0.1, -0.05) is 36.4 Å². The number of nitrogens with one attached hydrogen (secondary N) is 1. The van der Waals surface area contributed by atoms with Crippen LogP contribution in [-0.2, 0) is 6.42 Å². The molecule has 0 heterocycles. The zero-order valence-electron chi connectivity index (χ0n) is 13.2. The van der Waals surface area contributed by atoms with Gasteiger partial charge in [0.1, 0.15) is 0 Å². The normalized spacial score (nSPS) is 11.2. The second kappa shape index (κ2) is 6.13. The number of aryl methyl sites for hydroxylation is 2. The van der Waals surface area contributed by atoms with Crippen molar-refractivity contribution < 1.29 is 4.79 Å². The Morgan fingerprint density at radius 3 is 2.29 bits per heavy atom. The molecule has 0 radical (unpaired) electrons. The molecule has 0 fully saturated rings. The highest BCUT2D eigenvalue weighted by Gasteiger charge is 2.21. The zero-order chi connectivity index (χ0) is 15.5. The van der Waals surface area contributed by atoms with Crippen LogP contribution in [0.2, 0.25) is 0 Å². The third kappa shape index (κ3) is 4.19. The summed E-state index contributed by atoms with van der Waals surface area (Å²) in [5.74, 6) is -0.0148. The predicted molar refractivity (Wildman–Crippen MR) is 87.6 cm³/mol. The van der Waals surface area contributed by atoms with Gasteiger partial charge in [0.15, 0.2) is 0 Å². The molecule has 0 aromatic heterocycles. The molecular formula is C19H23NO. The van der Waals surface area contributed by atoms with Crippen LogP contribution in [0.5, 0.6) is 0 Å². The van der Waals surface area contributed by atoms with E-state index in [4.69, 9.17) is 0 Å². The van der Waals surface area contributed by atoms with Gasteiger partial charge in [-0.15, -0.1) is 0 Å². The van der Waals surface area contributed by atoms with Gasteiger partial charge in [0.05, 0.1) is 0 Å². The van der Waals surface area contributed by atoms with Crippen molar-refractivity contribution in [3.8, 4) is 0 Å². The molecule has 0 atom stereocenters. The van der Waals surface area contributed by atoms with Crippen molar-refractivity contribution in [1.82, 2.24) is 5.32 Å². The molecule has 0 saturated carbocycles. The maximum atomic E-state index is 12.4. The molecule has 0 bridgehead atoms. The number of benzene rings is 2. The van der Waals surface area contributed by atoms with E-state index in [9.17, 15) is 4.79 Å². The summed E-state index contributed by atoms with van der Waals surface area (Å²) in [5, 5.41) is 3.13. The SMILES string of the molecule is Cc1ccc(C(=O)NC(C)(C)Cc2ccccc2)cc1C. The summed E-state index contributed by atoms with van der Waals surface area (Å²) in [5.41, 5.74) is 4.01. The first-order valence-electron chi connectivity index (χ1n) is 7.31. The Bertz CT molecular complexity index is 629. The van der Waals surface area contributed by atoms with Crippen LogP contribution in [-0.4, -0.2) is 11.4 Å². The molecule has 2 aromatic carbocycles. The van der Waals surface area contributed by atoms with E-state index in [1.165, 1.54) is 11.1 Å². The van der Waals surface area contributed by atoms with E-state index in [2.05, 4.69) is 38.2 Å². The molecule has 2 heteroatoms. The smallest absolute Gasteiger partial charge is 0.251 e. The van der Waals surface area contributed by atoms with Crippen molar-refractivity contribution in [2.45, 2.75) is 39.7 Å². The van der Waals surface area contributed by atoms with Gasteiger partial charge < -0.3 is 5.32 Å². The van der Waals surface area contributed by atoms with Gasteiger partial charge in [0.25, 0.3) is 5.91 Å². The van der Waals surface area contributed by atoms with E-state index in [-0.39, 0.29) is 11.4 Å². The number of carbonyl (C=O) groups is 1. The topological polar surface area (TPSA) is 29.1 Å². The van der Waals surface area contributed by atoms with Crippen LogP contribution < -0.4 is 5.32 Å². The Morgan fingerprint density at radius 1 is 1.00 bits per heavy atom. The second-order valence-corrected chi connectivity index (χ2v) is 6.30. The molecule has 2 rings (SSSR count). The van der Waals surface area contributed by atoms with Crippen molar-refractivity contribution >= 4 is 5.91 Å². The van der Waals surface area contributed by atoms with Crippen molar-refractivity contribution in [2.75, 3.05) is 0 Å². The average molecular weight is 281 g/mol. The van der Waals surface area contributed by atoms with Crippen LogP contribution >= 0.6 is 0 Å². The fourth-order valence-corrected chi connectivity index (χ4v) is 2.41. The maximum absolute atomic E-state index is 12.4. The second-order valence-electron chi connectivity index (χ2n) is 6.30. The van der Waals surface area contributed by atoms with Gasteiger partial charge in [0.2, 0.25) is 0 Å². The van der Waals surface area contributed by atoms with E-state index in [1.54, 1.807) is 0 Å². The summed E-state index contributed by atoms with van der Waals surface area (Å²) in [6.45, 7) is 8.19. The molecule has 2 nitrogen and oxygen atoms in total. The Balaban J connectivity index is 2.08. The summed E-state index contributed by atoms with van der Waals surface area (Å²) < 4.78 is 0. The first-order chi connectivity index (χ1) is 9.87. The van der Waals surface area contributed by atoms with E-state index >= 15 is 0 Å². The average Bonchev–Trinajstić information content (AvgIpc) is 2.41. The fourth-order valence-electron chi connectivity index (χ4n) is 2.41. The van der Waals surface area contributed by atoms with E-state index in [1.807, 2.05) is 43.3 Å². The molecule has 1 amide bonds. The number of hydrogen-bond donors (Lipinski definition) is 1. The molecule has 0 aliphatic heterocycles. The van der Waals surface area contributed by atoms with Crippen molar-refractivity contribution in [1.29, 1.82) is 0 Å². The standard InChI is InChI=1S/C19H23NO/c1-14-10-11-17(12-15(14)2)18(21)20-19(3,4)13-16-8-6-5-7-9-16/h5-12H,13H2,1-4H3,(H,20,21). The molecule has 110 valence electrons. The number of amides is 1. The van der Waals surface area contributed by atoms with Gasteiger partial charge in [-0.25, -0.2) is 0 Å². The van der Waals surface area contributed by atoms with Crippen molar-refractivity contribution in [3.63, 3.8) is 0 Å². The zero-order valence-corrected chi connectivity index (χ0v) is 13.2. The first kappa shape index (κ1) is 15.3. The van der Waals surface area contributed by atoms with E-state index in [0.29, 0.717) is 0 Å². The highest BCUT2D eigenvalue weighted by molar-refractivity contribution is 5.94. The van der Waals surface area contributed by atoms with Crippen LogP contribution in [0, 0.1) is 13.8 Å². The largest absolute Gasteiger partial charge is 0.347 e. The van der Waals surface area contributed by atoms with Crippen LogP contribution in [0.25, 0.3) is 0 Å². The minimum Gasteiger partial charge on any atom is -0.347 e. The molecule has 0 saturated heterocycles. The molecule has 0 aliphatic rings. The molecule has 0 aliphatic carbocycles. The summed E-state index contributed by atoms with van der Waals surface area (Å²) in [4.78, 5) is 12.4. The lowest BCUT2D eigenvalue weighted by molar-refractivity contribution is 0.0913. The van der Waals surface area contributed by atoms with Gasteiger partial charge in [0, 0.05) is 11.1 Å². The van der Waals surface area contributed by atoms with Crippen LogP contribution in [0.4, 0.5) is 0 Å². The lowest BCUT2D eigenvalue weighted by atomic mass is 9.94. The highest BCUT2D eigenvalue weighted by Crippen LogP contribution is 2.15. The van der Waals surface area contributed by atoms with Crippen molar-refractivity contribution in [3.05, 3.63) is 70.8 Å². The Hall–Kier alpha value is -2.09. The molecule has 0 spiro atoms. The quantitative estimate of drug-likeness (QED) is 0.900. The summed E-state index contributed by atoms with van der Waals surface area (Å²) >= 11 is 0. The first-order valence-corrected chi connectivity index (χ1v) is 7.31. The van der Waals surface area contributed by atoms with Gasteiger partial charge >= 0.3 is 0 Å². The predicted octanol–water partition coefficient (Wildman–Crippen LogP) is 4.05. The van der Waals surface area contributed by atoms with Crippen LogP contribution in [0.1, 0.15) is 40.9 Å². The third-order valence-corrected chi connectivity index (χ3v) is 3.71. The number of rotatable bonds is 4. The lowest BCUT2D eigenvalue weighted by Gasteiger charge is -2.26. The number of carbonyl (C=O) groups excluding carboxylic acids is 1. The van der Waals surface area contributed by atoms with E-state index in [0.717, 1.165) is 17.5 Å². The Kier molecular flexibility index (Phi) is 4.46. The lowest BCUT2D eigenvalue weighted by Crippen LogP contribution is -2.45. The molecular weight excluding hydrogens is 258 g/mol. The molecule has 2 aromatic rings. The minimum atomic E-state index is -0.281. The van der Waals surface area contributed by atoms with Crippen LogP contribution in [0.15, 0.2) is 48.5 Å². The highest BCUT2D eigenvalue weighted by atomic mass is 16.1. The Labute approximate surface area is 127 Å². The van der Waals surface area contributed by atoms with Gasteiger partial charge in [-0.3, -0.25) is 4.79 Å². The Morgan fingerprint density at radius 2 is 1.67 bits per heavy atom. The van der Waals surface area contributed by atoms with Crippen molar-refractivity contribution in [2.24, 2.45) is 0 Å². The number of hydrogen-bond acceptors (Lipinski definition) is 1. The van der Waals surface area contributed by atoms with Gasteiger partial charge in [-0.05, 0) is 62.9 Å². The minimum absolute atomic E-state index is 0.0148. The van der Waals surface area contributed by atoms with Gasteiger partial charge in [-0.2, -0.15) is 0 Å². The monoisotopic (exact) mass is 281 g/mol. The van der Waals surface area contributed by atoms with Crippen LogP contribution in [0.3, 0.4) is 0 Å². The summed E-state index contributed by atoms with van der Waals surface area (Å²) in [7, 11) is 0.